The van der Waals surface area contributed by atoms with E-state index in [0.29, 0.717) is 18.8 Å². The van der Waals surface area contributed by atoms with Gasteiger partial charge in [0, 0.05) is 23.8 Å². The summed E-state index contributed by atoms with van der Waals surface area (Å²) in [6, 6.07) is 13.5. The SMILES string of the molecule is CCn1cc(Br)cc1C(=O)N(CC#N)Cc1ccccc1. The fraction of sp³-hybridized carbons (Fsp3) is 0.250. The Labute approximate surface area is 132 Å². The summed E-state index contributed by atoms with van der Waals surface area (Å²) in [5.74, 6) is -0.132. The van der Waals surface area contributed by atoms with Crippen LogP contribution in [0.1, 0.15) is 23.0 Å². The molecule has 0 atom stereocenters. The second-order valence-electron chi connectivity index (χ2n) is 4.63. The second kappa shape index (κ2) is 7.09. The fourth-order valence-corrected chi connectivity index (χ4v) is 2.63. The zero-order chi connectivity index (χ0) is 15.2. The van der Waals surface area contributed by atoms with Gasteiger partial charge in [-0.25, -0.2) is 0 Å². The summed E-state index contributed by atoms with van der Waals surface area (Å²) in [6.45, 7) is 3.19. The highest BCUT2D eigenvalue weighted by atomic mass is 79.9. The van der Waals surface area contributed by atoms with E-state index in [4.69, 9.17) is 5.26 Å². The largest absolute Gasteiger partial charge is 0.343 e. The molecule has 0 unspecified atom stereocenters. The molecule has 0 aliphatic heterocycles. The molecule has 0 saturated carbocycles. The topological polar surface area (TPSA) is 49.0 Å². The molecule has 2 aromatic rings. The van der Waals surface area contributed by atoms with Gasteiger partial charge in [0.15, 0.2) is 0 Å². The van der Waals surface area contributed by atoms with Crippen LogP contribution in [0.25, 0.3) is 0 Å². The summed E-state index contributed by atoms with van der Waals surface area (Å²) in [7, 11) is 0. The zero-order valence-corrected chi connectivity index (χ0v) is 13.4. The Balaban J connectivity index is 2.25. The van der Waals surface area contributed by atoms with Gasteiger partial charge in [-0.3, -0.25) is 4.79 Å². The van der Waals surface area contributed by atoms with Gasteiger partial charge in [-0.2, -0.15) is 5.26 Å². The first-order valence-electron chi connectivity index (χ1n) is 6.71. The molecular formula is C16H16BrN3O. The lowest BCUT2D eigenvalue weighted by Gasteiger charge is -2.20. The van der Waals surface area contributed by atoms with Crippen LogP contribution in [0.3, 0.4) is 0 Å². The number of aryl methyl sites for hydroxylation is 1. The van der Waals surface area contributed by atoms with Crippen LogP contribution in [0.4, 0.5) is 0 Å². The van der Waals surface area contributed by atoms with Crippen molar-refractivity contribution in [3.63, 3.8) is 0 Å². The van der Waals surface area contributed by atoms with Gasteiger partial charge in [0.05, 0.1) is 6.07 Å². The van der Waals surface area contributed by atoms with Crippen molar-refractivity contribution in [3.05, 3.63) is 58.3 Å². The molecule has 1 heterocycles. The molecule has 4 nitrogen and oxygen atoms in total. The monoisotopic (exact) mass is 345 g/mol. The molecule has 21 heavy (non-hydrogen) atoms. The second-order valence-corrected chi connectivity index (χ2v) is 5.55. The van der Waals surface area contributed by atoms with Crippen molar-refractivity contribution >= 4 is 21.8 Å². The van der Waals surface area contributed by atoms with E-state index < -0.39 is 0 Å². The quantitative estimate of drug-likeness (QED) is 0.779. The molecule has 1 aromatic heterocycles. The standard InChI is InChI=1S/C16H16BrN3O/c1-2-19-12-14(17)10-15(19)16(21)20(9-8-18)11-13-6-4-3-5-7-13/h3-7,10,12H,2,9,11H2,1H3. The van der Waals surface area contributed by atoms with Crippen molar-refractivity contribution in [3.8, 4) is 6.07 Å². The van der Waals surface area contributed by atoms with E-state index in [1.165, 1.54) is 0 Å². The van der Waals surface area contributed by atoms with Crippen LogP contribution >= 0.6 is 15.9 Å². The van der Waals surface area contributed by atoms with E-state index in [1.807, 2.05) is 48.0 Å². The maximum Gasteiger partial charge on any atom is 0.271 e. The number of nitrogens with zero attached hydrogens (tertiary/aromatic N) is 3. The van der Waals surface area contributed by atoms with Gasteiger partial charge in [-0.1, -0.05) is 30.3 Å². The molecule has 0 aliphatic carbocycles. The molecule has 108 valence electrons. The molecule has 0 bridgehead atoms. The number of hydrogen-bond acceptors (Lipinski definition) is 2. The molecule has 0 saturated heterocycles. The highest BCUT2D eigenvalue weighted by Crippen LogP contribution is 2.18. The van der Waals surface area contributed by atoms with Crippen LogP contribution in [0, 0.1) is 11.3 Å². The Kier molecular flexibility index (Phi) is 5.18. The molecule has 0 fully saturated rings. The molecule has 0 spiro atoms. The minimum atomic E-state index is -0.132. The Morgan fingerprint density at radius 2 is 2.10 bits per heavy atom. The summed E-state index contributed by atoms with van der Waals surface area (Å²) in [4.78, 5) is 14.2. The number of rotatable bonds is 5. The van der Waals surface area contributed by atoms with E-state index >= 15 is 0 Å². The Bertz CT molecular complexity index is 658. The first-order chi connectivity index (χ1) is 10.2. The molecule has 0 aliphatic rings. The lowest BCUT2D eigenvalue weighted by Crippen LogP contribution is -2.32. The molecule has 1 amide bonds. The zero-order valence-electron chi connectivity index (χ0n) is 11.8. The van der Waals surface area contributed by atoms with Gasteiger partial charge in [0.1, 0.15) is 12.2 Å². The normalized spacial score (nSPS) is 10.1. The van der Waals surface area contributed by atoms with E-state index in [-0.39, 0.29) is 12.5 Å². The Morgan fingerprint density at radius 3 is 2.71 bits per heavy atom. The molecule has 1 aromatic carbocycles. The van der Waals surface area contributed by atoms with Gasteiger partial charge >= 0.3 is 0 Å². The third-order valence-corrected chi connectivity index (χ3v) is 3.62. The van der Waals surface area contributed by atoms with E-state index in [2.05, 4.69) is 22.0 Å². The number of carbonyl (C=O) groups is 1. The minimum absolute atomic E-state index is 0.0697. The van der Waals surface area contributed by atoms with Crippen molar-refractivity contribution < 1.29 is 4.79 Å². The average Bonchev–Trinajstić information content (AvgIpc) is 2.88. The predicted octanol–water partition coefficient (Wildman–Crippen LogP) is 3.44. The average molecular weight is 346 g/mol. The summed E-state index contributed by atoms with van der Waals surface area (Å²) in [5.41, 5.74) is 1.60. The summed E-state index contributed by atoms with van der Waals surface area (Å²) >= 11 is 3.39. The molecule has 0 radical (unpaired) electrons. The van der Waals surface area contributed by atoms with Crippen molar-refractivity contribution in [1.29, 1.82) is 5.26 Å². The van der Waals surface area contributed by atoms with Crippen molar-refractivity contribution in [2.75, 3.05) is 6.54 Å². The number of nitriles is 1. The van der Waals surface area contributed by atoms with Crippen LogP contribution in [0.15, 0.2) is 47.1 Å². The summed E-state index contributed by atoms with van der Waals surface area (Å²) < 4.78 is 2.74. The lowest BCUT2D eigenvalue weighted by molar-refractivity contribution is 0.0754. The number of amides is 1. The highest BCUT2D eigenvalue weighted by molar-refractivity contribution is 9.10. The van der Waals surface area contributed by atoms with Crippen LogP contribution in [0.2, 0.25) is 0 Å². The minimum Gasteiger partial charge on any atom is -0.343 e. The van der Waals surface area contributed by atoms with Crippen LogP contribution < -0.4 is 0 Å². The van der Waals surface area contributed by atoms with Crippen molar-refractivity contribution in [1.82, 2.24) is 9.47 Å². The molecule has 2 rings (SSSR count). The number of halogens is 1. The molecule has 0 N–H and O–H groups in total. The maximum atomic E-state index is 12.7. The summed E-state index contributed by atoms with van der Waals surface area (Å²) in [5, 5.41) is 8.98. The maximum absolute atomic E-state index is 12.7. The van der Waals surface area contributed by atoms with E-state index in [1.54, 1.807) is 11.0 Å². The van der Waals surface area contributed by atoms with Gasteiger partial charge < -0.3 is 9.47 Å². The van der Waals surface area contributed by atoms with Crippen LogP contribution in [-0.2, 0) is 13.1 Å². The lowest BCUT2D eigenvalue weighted by atomic mass is 10.2. The Morgan fingerprint density at radius 1 is 1.38 bits per heavy atom. The number of aromatic nitrogens is 1. The number of benzene rings is 1. The smallest absolute Gasteiger partial charge is 0.271 e. The van der Waals surface area contributed by atoms with Crippen molar-refractivity contribution in [2.45, 2.75) is 20.0 Å². The number of hydrogen-bond donors (Lipinski definition) is 0. The first kappa shape index (κ1) is 15.3. The van der Waals surface area contributed by atoms with Gasteiger partial charge in [0.2, 0.25) is 0 Å². The van der Waals surface area contributed by atoms with Gasteiger partial charge in [-0.05, 0) is 34.5 Å². The summed E-state index contributed by atoms with van der Waals surface area (Å²) in [6.07, 6.45) is 1.88. The molecular weight excluding hydrogens is 330 g/mol. The third kappa shape index (κ3) is 3.73. The van der Waals surface area contributed by atoms with E-state index in [9.17, 15) is 4.79 Å². The fourth-order valence-electron chi connectivity index (χ4n) is 2.17. The Hall–Kier alpha value is -2.06. The number of carbonyl (C=O) groups excluding carboxylic acids is 1. The van der Waals surface area contributed by atoms with Crippen LogP contribution in [0.5, 0.6) is 0 Å². The van der Waals surface area contributed by atoms with Crippen molar-refractivity contribution in [2.24, 2.45) is 0 Å². The predicted molar refractivity (Wildman–Crippen MR) is 84.6 cm³/mol. The first-order valence-corrected chi connectivity index (χ1v) is 7.50. The third-order valence-electron chi connectivity index (χ3n) is 3.19. The highest BCUT2D eigenvalue weighted by Gasteiger charge is 2.19. The van der Waals surface area contributed by atoms with Gasteiger partial charge in [0.25, 0.3) is 5.91 Å². The molecule has 5 heteroatoms. The van der Waals surface area contributed by atoms with Crippen LogP contribution in [-0.4, -0.2) is 21.9 Å². The van der Waals surface area contributed by atoms with Gasteiger partial charge in [-0.15, -0.1) is 0 Å². The van der Waals surface area contributed by atoms with E-state index in [0.717, 1.165) is 10.0 Å².